The second kappa shape index (κ2) is 10.3. The molecule has 0 aliphatic rings. The molecule has 0 spiro atoms. The Kier molecular flexibility index (Phi) is 13.9. The molecular weight excluding hydrogens is 174 g/mol. The predicted octanol–water partition coefficient (Wildman–Crippen LogP) is 1.97. The largest absolute Gasteiger partial charge is 0.344 e. The summed E-state index contributed by atoms with van der Waals surface area (Å²) in [5, 5.41) is 13.6. The summed E-state index contributed by atoms with van der Waals surface area (Å²) in [6.45, 7) is 2.08. The maximum atomic E-state index is 8.36. The molecule has 0 aliphatic heterocycles. The summed E-state index contributed by atoms with van der Waals surface area (Å²) in [7, 11) is 0. The van der Waals surface area contributed by atoms with Crippen LogP contribution in [0.3, 0.4) is 0 Å². The van der Waals surface area contributed by atoms with Gasteiger partial charge >= 0.3 is 0 Å². The molecule has 0 heterocycles. The van der Waals surface area contributed by atoms with Gasteiger partial charge in [-0.05, 0) is 6.92 Å². The summed E-state index contributed by atoms with van der Waals surface area (Å²) in [4.78, 5) is 8.36. The third kappa shape index (κ3) is 17.9. The zero-order chi connectivity index (χ0) is 8.69. The Bertz CT molecular complexity index is 211. The first-order valence-corrected chi connectivity index (χ1v) is 2.98. The van der Waals surface area contributed by atoms with Crippen molar-refractivity contribution in [3.05, 3.63) is 46.0 Å². The fourth-order valence-corrected chi connectivity index (χ4v) is 0.534. The average Bonchev–Trinajstić information content (AvgIpc) is 1.87. The highest BCUT2D eigenvalue weighted by molar-refractivity contribution is 5.11. The Morgan fingerprint density at radius 2 is 1.54 bits per heavy atom. The van der Waals surface area contributed by atoms with Crippen LogP contribution < -0.4 is 12.3 Å². The van der Waals surface area contributed by atoms with Crippen LogP contribution in [0, 0.1) is 17.0 Å². The van der Waals surface area contributed by atoms with Gasteiger partial charge in [-0.2, -0.15) is 0 Å². The monoisotopic (exact) mass is 189 g/mol. The number of aryl methyl sites for hydroxylation is 1. The second-order valence-corrected chi connectivity index (χ2v) is 1.89. The summed E-state index contributed by atoms with van der Waals surface area (Å²) in [6.07, 6.45) is 0. The van der Waals surface area contributed by atoms with E-state index in [0.29, 0.717) is 0 Å². The van der Waals surface area contributed by atoms with Crippen molar-refractivity contribution in [1.29, 1.82) is 0 Å². The molecule has 0 aliphatic carbocycles. The van der Waals surface area contributed by atoms with Gasteiger partial charge < -0.3 is 17.5 Å². The number of benzene rings is 1. The molecule has 0 radical (unpaired) electrons. The van der Waals surface area contributed by atoms with Gasteiger partial charge in [-0.25, -0.2) is 0 Å². The van der Waals surface area contributed by atoms with Gasteiger partial charge in [0.05, 0.1) is 0 Å². The van der Waals surface area contributed by atoms with Gasteiger partial charge in [0, 0.05) is 0 Å². The van der Waals surface area contributed by atoms with Crippen molar-refractivity contribution in [2.24, 2.45) is 0 Å². The van der Waals surface area contributed by atoms with Crippen LogP contribution in [0.25, 0.3) is 0 Å². The Labute approximate surface area is 76.5 Å². The van der Waals surface area contributed by atoms with Crippen LogP contribution in [0.1, 0.15) is 5.56 Å². The molecule has 0 atom stereocenters. The molecule has 6 nitrogen and oxygen atoms in total. The fraction of sp³-hybridized carbons (Fsp3) is 0.143. The highest BCUT2D eigenvalue weighted by Gasteiger charge is 1.72. The molecule has 1 aromatic carbocycles. The zero-order valence-electron chi connectivity index (χ0n) is 7.51. The van der Waals surface area contributed by atoms with Crippen LogP contribution in [0.5, 0.6) is 0 Å². The van der Waals surface area contributed by atoms with Gasteiger partial charge in [0.25, 0.3) is 5.09 Å². The standard InChI is InChI=1S/C7H8.HNO3.2H3N/c1-7-5-3-2-4-6-7;2-1(3)4;;/h2-6H,1H3;(H,2,3,4);2*1H3. The van der Waals surface area contributed by atoms with Crippen molar-refractivity contribution in [1.82, 2.24) is 12.3 Å². The molecule has 0 fully saturated rings. The number of nitrogens with zero attached hydrogens (tertiary/aromatic N) is 1. The first-order chi connectivity index (χ1) is 5.13. The van der Waals surface area contributed by atoms with Crippen molar-refractivity contribution in [2.75, 3.05) is 0 Å². The van der Waals surface area contributed by atoms with Crippen LogP contribution in [-0.4, -0.2) is 10.3 Å². The molecule has 0 bridgehead atoms. The Balaban J connectivity index is -0.000000150. The highest BCUT2D eigenvalue weighted by atomic mass is 16.9. The minimum atomic E-state index is -1.50. The lowest BCUT2D eigenvalue weighted by Gasteiger charge is -1.82. The van der Waals surface area contributed by atoms with Crippen molar-refractivity contribution in [3.8, 4) is 0 Å². The molecule has 76 valence electrons. The van der Waals surface area contributed by atoms with Crippen LogP contribution in [0.15, 0.2) is 30.3 Å². The third-order valence-electron chi connectivity index (χ3n) is 0.940. The second-order valence-electron chi connectivity index (χ2n) is 1.89. The molecule has 1 aromatic rings. The van der Waals surface area contributed by atoms with Crippen molar-refractivity contribution in [3.63, 3.8) is 0 Å². The van der Waals surface area contributed by atoms with Gasteiger partial charge in [0.2, 0.25) is 0 Å². The van der Waals surface area contributed by atoms with E-state index in [4.69, 9.17) is 15.3 Å². The highest BCUT2D eigenvalue weighted by Crippen LogP contribution is 1.92. The van der Waals surface area contributed by atoms with E-state index in [1.54, 1.807) is 0 Å². The maximum absolute atomic E-state index is 8.36. The van der Waals surface area contributed by atoms with Gasteiger partial charge in [-0.3, -0.25) is 0 Å². The molecule has 0 aromatic heterocycles. The smallest absolute Gasteiger partial charge is 0.291 e. The lowest BCUT2D eigenvalue weighted by Crippen LogP contribution is -1.81. The maximum Gasteiger partial charge on any atom is 0.291 e. The van der Waals surface area contributed by atoms with Gasteiger partial charge in [-0.15, -0.1) is 10.1 Å². The number of hydrogen-bond donors (Lipinski definition) is 3. The average molecular weight is 189 g/mol. The van der Waals surface area contributed by atoms with E-state index in [1.165, 1.54) is 5.56 Å². The molecule has 0 unspecified atom stereocenters. The summed E-state index contributed by atoms with van der Waals surface area (Å²) in [6, 6.07) is 10.3. The van der Waals surface area contributed by atoms with Gasteiger partial charge in [-0.1, -0.05) is 35.9 Å². The normalized spacial score (nSPS) is 6.54. The van der Waals surface area contributed by atoms with Crippen LogP contribution in [-0.2, 0) is 0 Å². The van der Waals surface area contributed by atoms with Crippen LogP contribution in [0.2, 0.25) is 0 Å². The number of hydrogen-bond acceptors (Lipinski definition) is 4. The van der Waals surface area contributed by atoms with Crippen molar-refractivity contribution >= 4 is 0 Å². The summed E-state index contributed by atoms with van der Waals surface area (Å²) in [5.74, 6) is 0. The van der Waals surface area contributed by atoms with E-state index >= 15 is 0 Å². The number of rotatable bonds is 0. The molecule has 0 amide bonds. The van der Waals surface area contributed by atoms with Crippen LogP contribution in [0.4, 0.5) is 0 Å². The third-order valence-corrected chi connectivity index (χ3v) is 0.940. The molecule has 6 heteroatoms. The Hall–Kier alpha value is -1.66. The lowest BCUT2D eigenvalue weighted by atomic mass is 10.2. The summed E-state index contributed by atoms with van der Waals surface area (Å²) >= 11 is 0. The Morgan fingerprint density at radius 3 is 1.69 bits per heavy atom. The molecular formula is C7H15N3O3. The first kappa shape index (κ1) is 17.4. The van der Waals surface area contributed by atoms with E-state index in [1.807, 2.05) is 18.2 Å². The van der Waals surface area contributed by atoms with E-state index in [-0.39, 0.29) is 12.3 Å². The van der Waals surface area contributed by atoms with Crippen molar-refractivity contribution in [2.45, 2.75) is 6.92 Å². The molecule has 1 rings (SSSR count). The van der Waals surface area contributed by atoms with E-state index in [9.17, 15) is 0 Å². The minimum Gasteiger partial charge on any atom is -0.344 e. The van der Waals surface area contributed by atoms with Gasteiger partial charge in [0.1, 0.15) is 0 Å². The first-order valence-electron chi connectivity index (χ1n) is 2.98. The minimum absolute atomic E-state index is 0. The Morgan fingerprint density at radius 1 is 1.23 bits per heavy atom. The summed E-state index contributed by atoms with van der Waals surface area (Å²) < 4.78 is 0. The SMILES string of the molecule is Cc1ccccc1.N.N.O=[N+]([O-])O. The van der Waals surface area contributed by atoms with E-state index < -0.39 is 5.09 Å². The topological polar surface area (TPSA) is 133 Å². The molecule has 0 saturated heterocycles. The fourth-order valence-electron chi connectivity index (χ4n) is 0.534. The van der Waals surface area contributed by atoms with E-state index in [0.717, 1.165) is 0 Å². The van der Waals surface area contributed by atoms with Crippen molar-refractivity contribution < 1.29 is 10.3 Å². The predicted molar refractivity (Wildman–Crippen MR) is 50.0 cm³/mol. The summed E-state index contributed by atoms with van der Waals surface area (Å²) in [5.41, 5.74) is 1.32. The quantitative estimate of drug-likeness (QED) is 0.423. The zero-order valence-corrected chi connectivity index (χ0v) is 7.51. The van der Waals surface area contributed by atoms with Crippen LogP contribution >= 0.6 is 0 Å². The molecule has 0 saturated carbocycles. The van der Waals surface area contributed by atoms with Gasteiger partial charge in [0.15, 0.2) is 0 Å². The van der Waals surface area contributed by atoms with E-state index in [2.05, 4.69) is 19.1 Å². The molecule has 13 heavy (non-hydrogen) atoms. The lowest BCUT2D eigenvalue weighted by molar-refractivity contribution is -0.742. The molecule has 7 N–H and O–H groups in total.